The molecule has 1 atom stereocenters. The summed E-state index contributed by atoms with van der Waals surface area (Å²) >= 11 is 0. The molecule has 9 heteroatoms. The smallest absolute Gasteiger partial charge is 0.241 e. The highest BCUT2D eigenvalue weighted by molar-refractivity contribution is 5.66. The fourth-order valence-electron chi connectivity index (χ4n) is 2.38. The molecule has 1 unspecified atom stereocenters. The van der Waals surface area contributed by atoms with Crippen molar-refractivity contribution in [3.63, 3.8) is 0 Å². The second kappa shape index (κ2) is 8.65. The highest BCUT2D eigenvalue weighted by Crippen LogP contribution is 2.40. The van der Waals surface area contributed by atoms with E-state index in [-0.39, 0.29) is 6.54 Å². The van der Waals surface area contributed by atoms with Crippen molar-refractivity contribution in [3.05, 3.63) is 18.0 Å². The van der Waals surface area contributed by atoms with Crippen LogP contribution >= 0.6 is 0 Å². The van der Waals surface area contributed by atoms with Crippen molar-refractivity contribution in [2.75, 3.05) is 41.5 Å². The molecule has 0 aliphatic rings. The topological polar surface area (TPSA) is 116 Å². The van der Waals surface area contributed by atoms with Gasteiger partial charge >= 0.3 is 0 Å². The average Bonchev–Trinajstić information content (AvgIpc) is 3.08. The first-order valence-electron chi connectivity index (χ1n) is 7.72. The third-order valence-electron chi connectivity index (χ3n) is 3.59. The summed E-state index contributed by atoms with van der Waals surface area (Å²) in [4.78, 5) is 6.23. The Balaban J connectivity index is 2.21. The zero-order valence-corrected chi connectivity index (χ0v) is 14.9. The number of hydrogen-bond acceptors (Lipinski definition) is 9. The number of aliphatic hydroxyl groups is 1. The van der Waals surface area contributed by atoms with Gasteiger partial charge in [-0.2, -0.15) is 4.98 Å². The van der Waals surface area contributed by atoms with Crippen LogP contribution in [-0.4, -0.2) is 67.7 Å². The number of hydrogen-bond donors (Lipinski definition) is 2. The van der Waals surface area contributed by atoms with Crippen LogP contribution in [0.2, 0.25) is 0 Å². The fraction of sp³-hybridized carbons (Fsp3) is 0.500. The summed E-state index contributed by atoms with van der Waals surface area (Å²) in [5.74, 6) is 2.34. The highest BCUT2D eigenvalue weighted by Gasteiger charge is 2.18. The zero-order valence-electron chi connectivity index (χ0n) is 14.9. The summed E-state index contributed by atoms with van der Waals surface area (Å²) in [6.07, 6.45) is -0.595. The Morgan fingerprint density at radius 2 is 1.84 bits per heavy atom. The molecule has 0 amide bonds. The minimum atomic E-state index is -0.595. The van der Waals surface area contributed by atoms with Crippen molar-refractivity contribution in [3.8, 4) is 28.6 Å². The molecular formula is C16H24N4O5. The second-order valence-corrected chi connectivity index (χ2v) is 5.51. The van der Waals surface area contributed by atoms with E-state index in [4.69, 9.17) is 24.5 Å². The number of nitrogens with zero attached hydrogens (tertiary/aromatic N) is 3. The first-order valence-corrected chi connectivity index (χ1v) is 7.72. The number of likely N-dealkylation sites (N-methyl/N-ethyl adjacent to an activating group) is 1. The van der Waals surface area contributed by atoms with Crippen LogP contribution in [0.25, 0.3) is 11.4 Å². The average molecular weight is 352 g/mol. The van der Waals surface area contributed by atoms with E-state index in [1.807, 2.05) is 11.9 Å². The maximum Gasteiger partial charge on any atom is 0.241 e. The van der Waals surface area contributed by atoms with E-state index in [0.29, 0.717) is 47.6 Å². The molecule has 1 aromatic heterocycles. The summed E-state index contributed by atoms with van der Waals surface area (Å²) in [6.45, 7) is 1.01. The number of rotatable bonds is 9. The molecule has 0 fully saturated rings. The van der Waals surface area contributed by atoms with E-state index in [0.717, 1.165) is 0 Å². The number of nitrogens with two attached hydrogens (primary N) is 1. The van der Waals surface area contributed by atoms with Crippen molar-refractivity contribution in [2.45, 2.75) is 12.6 Å². The lowest BCUT2D eigenvalue weighted by molar-refractivity contribution is 0.123. The SMILES string of the molecule is COc1cc(-c2noc(CN(C)CC(O)CN)n2)cc(OC)c1OC. The van der Waals surface area contributed by atoms with Gasteiger partial charge in [-0.3, -0.25) is 4.90 Å². The van der Waals surface area contributed by atoms with Crippen LogP contribution in [0.15, 0.2) is 16.7 Å². The van der Waals surface area contributed by atoms with E-state index in [1.165, 1.54) is 7.11 Å². The zero-order chi connectivity index (χ0) is 18.4. The monoisotopic (exact) mass is 352 g/mol. The number of ether oxygens (including phenoxy) is 3. The van der Waals surface area contributed by atoms with Gasteiger partial charge < -0.3 is 29.6 Å². The van der Waals surface area contributed by atoms with E-state index in [1.54, 1.807) is 26.4 Å². The van der Waals surface area contributed by atoms with Crippen LogP contribution < -0.4 is 19.9 Å². The van der Waals surface area contributed by atoms with Crippen LogP contribution in [0.1, 0.15) is 5.89 Å². The van der Waals surface area contributed by atoms with E-state index >= 15 is 0 Å². The van der Waals surface area contributed by atoms with Gasteiger partial charge in [0.25, 0.3) is 0 Å². The number of methoxy groups -OCH3 is 3. The molecule has 0 aliphatic carbocycles. The van der Waals surface area contributed by atoms with Gasteiger partial charge in [-0.1, -0.05) is 5.16 Å². The molecule has 0 spiro atoms. The number of benzene rings is 1. The first-order chi connectivity index (χ1) is 12.0. The Hall–Kier alpha value is -2.36. The van der Waals surface area contributed by atoms with Crippen molar-refractivity contribution in [1.29, 1.82) is 0 Å². The Labute approximate surface area is 146 Å². The van der Waals surface area contributed by atoms with Crippen LogP contribution in [-0.2, 0) is 6.54 Å². The molecule has 0 bridgehead atoms. The Kier molecular flexibility index (Phi) is 6.57. The van der Waals surface area contributed by atoms with Gasteiger partial charge in [0.05, 0.1) is 34.0 Å². The van der Waals surface area contributed by atoms with Gasteiger partial charge in [0, 0.05) is 18.7 Å². The molecule has 3 N–H and O–H groups in total. The molecule has 25 heavy (non-hydrogen) atoms. The van der Waals surface area contributed by atoms with Gasteiger partial charge in [-0.15, -0.1) is 0 Å². The fourth-order valence-corrected chi connectivity index (χ4v) is 2.38. The minimum Gasteiger partial charge on any atom is -0.493 e. The summed E-state index contributed by atoms with van der Waals surface area (Å²) in [7, 11) is 6.46. The van der Waals surface area contributed by atoms with Crippen LogP contribution in [0.5, 0.6) is 17.2 Å². The molecule has 138 valence electrons. The third-order valence-corrected chi connectivity index (χ3v) is 3.59. The largest absolute Gasteiger partial charge is 0.493 e. The Morgan fingerprint density at radius 1 is 1.20 bits per heavy atom. The molecule has 0 saturated heterocycles. The normalized spacial score (nSPS) is 12.3. The van der Waals surface area contributed by atoms with E-state index in [9.17, 15) is 5.11 Å². The van der Waals surface area contributed by atoms with Gasteiger partial charge in [-0.05, 0) is 19.2 Å². The molecule has 0 saturated carbocycles. The summed E-state index contributed by atoms with van der Waals surface area (Å²) < 4.78 is 21.2. The van der Waals surface area contributed by atoms with E-state index < -0.39 is 6.10 Å². The predicted molar refractivity (Wildman–Crippen MR) is 90.8 cm³/mol. The predicted octanol–water partition coefficient (Wildman–Crippen LogP) is 0.514. The maximum atomic E-state index is 9.58. The van der Waals surface area contributed by atoms with Crippen LogP contribution in [0.3, 0.4) is 0 Å². The molecule has 1 aromatic carbocycles. The van der Waals surface area contributed by atoms with Crippen molar-refractivity contribution in [1.82, 2.24) is 15.0 Å². The summed E-state index contributed by atoms with van der Waals surface area (Å²) in [5, 5.41) is 13.6. The minimum absolute atomic E-state index is 0.199. The Morgan fingerprint density at radius 3 is 2.36 bits per heavy atom. The van der Waals surface area contributed by atoms with Crippen LogP contribution in [0.4, 0.5) is 0 Å². The summed E-state index contributed by atoms with van der Waals surface area (Å²) in [6, 6.07) is 3.50. The molecule has 9 nitrogen and oxygen atoms in total. The van der Waals surface area contributed by atoms with Gasteiger partial charge in [0.2, 0.25) is 17.5 Å². The molecule has 2 rings (SSSR count). The molecule has 0 radical (unpaired) electrons. The highest BCUT2D eigenvalue weighted by atomic mass is 16.5. The van der Waals surface area contributed by atoms with Crippen molar-refractivity contribution < 1.29 is 23.8 Å². The lowest BCUT2D eigenvalue weighted by atomic mass is 10.1. The van der Waals surface area contributed by atoms with E-state index in [2.05, 4.69) is 10.1 Å². The van der Waals surface area contributed by atoms with Crippen LogP contribution in [0, 0.1) is 0 Å². The number of aromatic nitrogens is 2. The summed E-state index contributed by atoms with van der Waals surface area (Å²) in [5.41, 5.74) is 6.09. The molecule has 0 aliphatic heterocycles. The van der Waals surface area contributed by atoms with Gasteiger partial charge in [0.15, 0.2) is 11.5 Å². The quantitative estimate of drug-likeness (QED) is 0.666. The van der Waals surface area contributed by atoms with Gasteiger partial charge in [-0.25, -0.2) is 0 Å². The Bertz CT molecular complexity index is 666. The lowest BCUT2D eigenvalue weighted by Crippen LogP contribution is -2.33. The third kappa shape index (κ3) is 4.59. The second-order valence-electron chi connectivity index (χ2n) is 5.51. The standard InChI is InChI=1S/C16H24N4O5/c1-20(8-11(21)7-17)9-14-18-16(19-25-14)10-5-12(22-2)15(24-4)13(6-10)23-3/h5-6,11,21H,7-9,17H2,1-4H3. The van der Waals surface area contributed by atoms with Gasteiger partial charge in [0.1, 0.15) is 0 Å². The molecule has 1 heterocycles. The van der Waals surface area contributed by atoms with Crippen molar-refractivity contribution in [2.24, 2.45) is 5.73 Å². The number of aliphatic hydroxyl groups excluding tert-OH is 1. The lowest BCUT2D eigenvalue weighted by Gasteiger charge is -2.17. The maximum absolute atomic E-state index is 9.58. The first kappa shape index (κ1) is 19.0. The molecule has 2 aromatic rings. The van der Waals surface area contributed by atoms with Crippen molar-refractivity contribution >= 4 is 0 Å². The molecular weight excluding hydrogens is 328 g/mol.